The first kappa shape index (κ1) is 17.1. The molecule has 0 bridgehead atoms. The van der Waals surface area contributed by atoms with Gasteiger partial charge in [-0.2, -0.15) is 15.0 Å². The summed E-state index contributed by atoms with van der Waals surface area (Å²) in [6.07, 6.45) is 1.13. The Hall–Kier alpha value is -2.78. The maximum absolute atomic E-state index is 11.7. The fraction of sp³-hybridized carbons (Fsp3) is 0.0667. The van der Waals surface area contributed by atoms with Crippen molar-refractivity contribution in [2.75, 3.05) is 17.3 Å². The molecule has 8 nitrogen and oxygen atoms in total. The molecule has 0 aliphatic carbocycles. The van der Waals surface area contributed by atoms with Gasteiger partial charge in [0.05, 0.1) is 4.90 Å². The predicted molar refractivity (Wildman–Crippen MR) is 95.3 cm³/mol. The molecule has 0 amide bonds. The maximum atomic E-state index is 11.7. The zero-order valence-electron chi connectivity index (χ0n) is 13.0. The molecular weight excluding hydrogens is 364 g/mol. The van der Waals surface area contributed by atoms with Gasteiger partial charge in [0.25, 0.3) is 0 Å². The van der Waals surface area contributed by atoms with E-state index in [1.54, 1.807) is 30.3 Å². The van der Waals surface area contributed by atoms with E-state index in [-0.39, 0.29) is 22.6 Å². The second-order valence-electron chi connectivity index (χ2n) is 5.11. The molecule has 0 spiro atoms. The molecule has 0 fully saturated rings. The van der Waals surface area contributed by atoms with Crippen LogP contribution in [0.4, 0.5) is 17.6 Å². The van der Waals surface area contributed by atoms with Crippen LogP contribution in [-0.2, 0) is 9.84 Å². The summed E-state index contributed by atoms with van der Waals surface area (Å²) in [7, 11) is -3.32. The van der Waals surface area contributed by atoms with Gasteiger partial charge in [-0.05, 0) is 30.3 Å². The highest BCUT2D eigenvalue weighted by atomic mass is 35.5. The summed E-state index contributed by atoms with van der Waals surface area (Å²) in [4.78, 5) is 16.6. The average Bonchev–Trinajstić information content (AvgIpc) is 2.54. The molecular formula is C15H13ClN6O2S. The molecule has 0 aliphatic rings. The van der Waals surface area contributed by atoms with E-state index in [9.17, 15) is 8.42 Å². The van der Waals surface area contributed by atoms with E-state index in [4.69, 9.17) is 17.3 Å². The number of nitrogens with one attached hydrogen (secondary N) is 1. The first-order valence-corrected chi connectivity index (χ1v) is 9.30. The molecule has 0 aliphatic heterocycles. The van der Waals surface area contributed by atoms with Crippen molar-refractivity contribution >= 4 is 39.0 Å². The predicted octanol–water partition coefficient (Wildman–Crippen LogP) is 2.32. The number of halogens is 1. The Kier molecular flexibility index (Phi) is 4.51. The van der Waals surface area contributed by atoms with E-state index >= 15 is 0 Å². The lowest BCUT2D eigenvalue weighted by molar-refractivity contribution is 0.602. The van der Waals surface area contributed by atoms with Gasteiger partial charge in [-0.25, -0.2) is 13.4 Å². The van der Waals surface area contributed by atoms with Gasteiger partial charge in [-0.3, -0.25) is 0 Å². The van der Waals surface area contributed by atoms with Gasteiger partial charge in [-0.15, -0.1) is 0 Å². The fourth-order valence-corrected chi connectivity index (χ4v) is 2.86. The van der Waals surface area contributed by atoms with Gasteiger partial charge in [-0.1, -0.05) is 23.7 Å². The minimum absolute atomic E-state index is 0.00598. The van der Waals surface area contributed by atoms with Crippen molar-refractivity contribution in [1.29, 1.82) is 0 Å². The molecule has 10 heteroatoms. The van der Waals surface area contributed by atoms with Gasteiger partial charge < -0.3 is 11.1 Å². The van der Waals surface area contributed by atoms with Gasteiger partial charge in [0.2, 0.25) is 11.9 Å². The second-order valence-corrected chi connectivity index (χ2v) is 7.51. The molecule has 25 heavy (non-hydrogen) atoms. The standard InChI is InChI=1S/C15H13ClN6O2S/c1-25(23,24)10-5-2-4-9(8-10)18-15-21-13(20-14(17)22-15)11-6-3-7-12(16)19-11/h2-8H,1H3,(H3,17,18,20,21,22). The van der Waals surface area contributed by atoms with E-state index in [2.05, 4.69) is 25.3 Å². The lowest BCUT2D eigenvalue weighted by Gasteiger charge is -2.08. The van der Waals surface area contributed by atoms with Gasteiger partial charge in [0, 0.05) is 11.9 Å². The van der Waals surface area contributed by atoms with Crippen molar-refractivity contribution in [1.82, 2.24) is 19.9 Å². The van der Waals surface area contributed by atoms with Gasteiger partial charge in [0.1, 0.15) is 10.8 Å². The molecule has 0 unspecified atom stereocenters. The molecule has 0 saturated carbocycles. The van der Waals surface area contributed by atoms with Crippen molar-refractivity contribution in [3.05, 3.63) is 47.6 Å². The molecule has 3 N–H and O–H groups in total. The highest BCUT2D eigenvalue weighted by molar-refractivity contribution is 7.90. The van der Waals surface area contributed by atoms with Crippen LogP contribution in [0.15, 0.2) is 47.4 Å². The second kappa shape index (κ2) is 6.61. The van der Waals surface area contributed by atoms with Gasteiger partial charge >= 0.3 is 0 Å². The topological polar surface area (TPSA) is 124 Å². The smallest absolute Gasteiger partial charge is 0.232 e. The molecule has 0 saturated heterocycles. The zero-order chi connectivity index (χ0) is 18.0. The molecule has 1 aromatic carbocycles. The molecule has 2 aromatic heterocycles. The Morgan fingerprint density at radius 2 is 1.80 bits per heavy atom. The van der Waals surface area contributed by atoms with Crippen LogP contribution in [0.25, 0.3) is 11.5 Å². The van der Waals surface area contributed by atoms with E-state index < -0.39 is 9.84 Å². The summed E-state index contributed by atoms with van der Waals surface area (Å²) in [5, 5.41) is 3.21. The summed E-state index contributed by atoms with van der Waals surface area (Å²) in [5.41, 5.74) is 6.67. The molecule has 2 heterocycles. The minimum atomic E-state index is -3.32. The SMILES string of the molecule is CS(=O)(=O)c1cccc(Nc2nc(N)nc(-c3cccc(Cl)n3)n2)c1. The summed E-state index contributed by atoms with van der Waals surface area (Å²) >= 11 is 5.88. The maximum Gasteiger partial charge on any atom is 0.232 e. The molecule has 0 radical (unpaired) electrons. The number of nitrogens with two attached hydrogens (primary N) is 1. The third kappa shape index (κ3) is 4.20. The van der Waals surface area contributed by atoms with Gasteiger partial charge in [0.15, 0.2) is 15.7 Å². The quantitative estimate of drug-likeness (QED) is 0.665. The largest absolute Gasteiger partial charge is 0.368 e. The summed E-state index contributed by atoms with van der Waals surface area (Å²) in [6, 6.07) is 11.3. The Morgan fingerprint density at radius 3 is 2.52 bits per heavy atom. The normalized spacial score (nSPS) is 11.3. The lowest BCUT2D eigenvalue weighted by atomic mass is 10.3. The lowest BCUT2D eigenvalue weighted by Crippen LogP contribution is -2.06. The molecule has 3 aromatic rings. The number of benzene rings is 1. The van der Waals surface area contributed by atoms with Crippen LogP contribution in [0.2, 0.25) is 5.15 Å². The van der Waals surface area contributed by atoms with Crippen molar-refractivity contribution in [2.45, 2.75) is 4.90 Å². The van der Waals surface area contributed by atoms with Crippen molar-refractivity contribution in [3.63, 3.8) is 0 Å². The zero-order valence-corrected chi connectivity index (χ0v) is 14.6. The first-order valence-electron chi connectivity index (χ1n) is 7.03. The van der Waals surface area contributed by atoms with Crippen LogP contribution < -0.4 is 11.1 Å². The van der Waals surface area contributed by atoms with Crippen molar-refractivity contribution in [2.24, 2.45) is 0 Å². The molecule has 3 rings (SSSR count). The monoisotopic (exact) mass is 376 g/mol. The van der Waals surface area contributed by atoms with Crippen LogP contribution in [0.3, 0.4) is 0 Å². The summed E-state index contributed by atoms with van der Waals surface area (Å²) in [5.74, 6) is 0.403. The number of rotatable bonds is 4. The summed E-state index contributed by atoms with van der Waals surface area (Å²) < 4.78 is 23.3. The number of aromatic nitrogens is 4. The van der Waals surface area contributed by atoms with E-state index in [0.717, 1.165) is 6.26 Å². The summed E-state index contributed by atoms with van der Waals surface area (Å²) in [6.45, 7) is 0. The first-order chi connectivity index (χ1) is 11.8. The Labute approximate surface area is 149 Å². The van der Waals surface area contributed by atoms with Crippen LogP contribution in [0.1, 0.15) is 0 Å². The Balaban J connectivity index is 1.96. The third-order valence-electron chi connectivity index (χ3n) is 3.12. The van der Waals surface area contributed by atoms with Crippen LogP contribution in [0.5, 0.6) is 0 Å². The molecule has 0 atom stereocenters. The van der Waals surface area contributed by atoms with E-state index in [1.165, 1.54) is 12.1 Å². The average molecular weight is 377 g/mol. The fourth-order valence-electron chi connectivity index (χ4n) is 2.03. The van der Waals surface area contributed by atoms with Crippen LogP contribution >= 0.6 is 11.6 Å². The number of pyridine rings is 1. The number of nitrogen functional groups attached to an aromatic ring is 1. The number of nitrogens with zero attached hydrogens (tertiary/aromatic N) is 4. The third-order valence-corrected chi connectivity index (χ3v) is 4.44. The minimum Gasteiger partial charge on any atom is -0.368 e. The Morgan fingerprint density at radius 1 is 1.04 bits per heavy atom. The Bertz CT molecular complexity index is 1040. The number of hydrogen-bond donors (Lipinski definition) is 2. The molecule has 128 valence electrons. The highest BCUT2D eigenvalue weighted by Gasteiger charge is 2.11. The number of sulfone groups is 1. The number of anilines is 3. The van der Waals surface area contributed by atoms with E-state index in [0.29, 0.717) is 16.5 Å². The number of hydrogen-bond acceptors (Lipinski definition) is 8. The van der Waals surface area contributed by atoms with Crippen molar-refractivity contribution in [3.8, 4) is 11.5 Å². The highest BCUT2D eigenvalue weighted by Crippen LogP contribution is 2.21. The van der Waals surface area contributed by atoms with Crippen LogP contribution in [-0.4, -0.2) is 34.6 Å². The van der Waals surface area contributed by atoms with Crippen LogP contribution in [0, 0.1) is 0 Å². The van der Waals surface area contributed by atoms with E-state index in [1.807, 2.05) is 0 Å². The van der Waals surface area contributed by atoms with Crippen molar-refractivity contribution < 1.29 is 8.42 Å².